The average Bonchev–Trinajstić information content (AvgIpc) is 2.71. The minimum atomic E-state index is -4.90. The molecule has 0 spiro atoms. The number of carbonyl (C=O) groups is 1. The Labute approximate surface area is 171 Å². The third kappa shape index (κ3) is 4.89. The molecule has 0 saturated heterocycles. The lowest BCUT2D eigenvalue weighted by Gasteiger charge is -2.26. The number of rotatable bonds is 6. The molecule has 0 aliphatic heterocycles. The van der Waals surface area contributed by atoms with Gasteiger partial charge in [0.05, 0.1) is 19.3 Å². The predicted octanol–water partition coefficient (Wildman–Crippen LogP) is 5.14. The van der Waals surface area contributed by atoms with Crippen LogP contribution >= 0.6 is 0 Å². The second kappa shape index (κ2) is 8.86. The lowest BCUT2D eigenvalue weighted by Crippen LogP contribution is -2.32. The number of pyridine rings is 1. The van der Waals surface area contributed by atoms with Crippen molar-refractivity contribution in [3.05, 3.63) is 83.7 Å². The number of anilines is 1. The third-order valence-corrected chi connectivity index (χ3v) is 4.40. The Kier molecular flexibility index (Phi) is 6.25. The zero-order valence-corrected chi connectivity index (χ0v) is 16.3. The van der Waals surface area contributed by atoms with Crippen molar-refractivity contribution in [1.29, 1.82) is 0 Å². The highest BCUT2D eigenvalue weighted by Crippen LogP contribution is 2.35. The summed E-state index contributed by atoms with van der Waals surface area (Å²) < 4.78 is 48.4. The van der Waals surface area contributed by atoms with Crippen LogP contribution in [0.3, 0.4) is 0 Å². The Morgan fingerprint density at radius 3 is 2.37 bits per heavy atom. The molecule has 2 aromatic carbocycles. The summed E-state index contributed by atoms with van der Waals surface area (Å²) in [5.41, 5.74) is 1.53. The van der Waals surface area contributed by atoms with Gasteiger partial charge in [0.15, 0.2) is 5.75 Å². The zero-order chi connectivity index (χ0) is 21.7. The molecule has 0 N–H and O–H groups in total. The number of hydrogen-bond donors (Lipinski definition) is 0. The van der Waals surface area contributed by atoms with Crippen LogP contribution in [0.4, 0.5) is 18.9 Å². The van der Waals surface area contributed by atoms with Crippen molar-refractivity contribution < 1.29 is 27.4 Å². The lowest BCUT2D eigenvalue weighted by atomic mass is 10.1. The van der Waals surface area contributed by atoms with Crippen molar-refractivity contribution in [3.8, 4) is 11.5 Å². The quantitative estimate of drug-likeness (QED) is 0.558. The maximum Gasteiger partial charge on any atom is 0.573 e. The fraction of sp³-hybridized carbons (Fsp3) is 0.182. The molecule has 0 radical (unpaired) electrons. The Hall–Kier alpha value is -3.55. The van der Waals surface area contributed by atoms with Gasteiger partial charge >= 0.3 is 6.36 Å². The maximum atomic E-state index is 13.4. The van der Waals surface area contributed by atoms with Crippen LogP contribution < -0.4 is 14.4 Å². The van der Waals surface area contributed by atoms with Crippen molar-refractivity contribution in [2.24, 2.45) is 0 Å². The van der Waals surface area contributed by atoms with Gasteiger partial charge in [0.2, 0.25) is 0 Å². The van der Waals surface area contributed by atoms with Crippen molar-refractivity contribution >= 4 is 11.6 Å². The first-order valence-corrected chi connectivity index (χ1v) is 8.99. The Morgan fingerprint density at radius 1 is 1.03 bits per heavy atom. The number of aryl methyl sites for hydroxylation is 1. The Balaban J connectivity index is 2.11. The summed E-state index contributed by atoms with van der Waals surface area (Å²) >= 11 is 0. The smallest absolute Gasteiger partial charge is 0.496 e. The van der Waals surface area contributed by atoms with Gasteiger partial charge in [0, 0.05) is 23.5 Å². The number of para-hydroxylation sites is 3. The molecule has 0 aliphatic carbocycles. The Bertz CT molecular complexity index is 1040. The molecule has 0 bridgehead atoms. The van der Waals surface area contributed by atoms with Gasteiger partial charge in [-0.1, -0.05) is 30.3 Å². The van der Waals surface area contributed by atoms with Crippen LogP contribution in [-0.4, -0.2) is 24.4 Å². The van der Waals surface area contributed by atoms with Gasteiger partial charge in [0.1, 0.15) is 5.75 Å². The summed E-state index contributed by atoms with van der Waals surface area (Å²) in [7, 11) is 1.48. The van der Waals surface area contributed by atoms with Crippen LogP contribution in [0.2, 0.25) is 0 Å². The fourth-order valence-electron chi connectivity index (χ4n) is 3.02. The van der Waals surface area contributed by atoms with E-state index in [1.54, 1.807) is 37.3 Å². The van der Waals surface area contributed by atoms with E-state index in [1.807, 2.05) is 0 Å². The van der Waals surface area contributed by atoms with Crippen molar-refractivity contribution in [1.82, 2.24) is 4.98 Å². The van der Waals surface area contributed by atoms with Crippen molar-refractivity contribution in [3.63, 3.8) is 0 Å². The van der Waals surface area contributed by atoms with E-state index in [0.717, 1.165) is 0 Å². The first-order chi connectivity index (χ1) is 14.3. The van der Waals surface area contributed by atoms with Gasteiger partial charge in [-0.15, -0.1) is 13.2 Å². The van der Waals surface area contributed by atoms with Crippen LogP contribution in [0.5, 0.6) is 11.5 Å². The summed E-state index contributed by atoms with van der Waals surface area (Å²) in [6.07, 6.45) is -1.92. The number of carbonyl (C=O) groups excluding carboxylic acids is 1. The van der Waals surface area contributed by atoms with Gasteiger partial charge in [-0.25, -0.2) is 0 Å². The van der Waals surface area contributed by atoms with E-state index in [-0.39, 0.29) is 12.2 Å². The highest BCUT2D eigenvalue weighted by atomic mass is 19.4. The second-order valence-corrected chi connectivity index (χ2v) is 6.41. The summed E-state index contributed by atoms with van der Waals surface area (Å²) in [6.45, 7) is 1.68. The number of amides is 1. The van der Waals surface area contributed by atoms with Gasteiger partial charge in [0.25, 0.3) is 5.91 Å². The fourth-order valence-corrected chi connectivity index (χ4v) is 3.02. The van der Waals surface area contributed by atoms with Crippen LogP contribution in [-0.2, 0) is 6.54 Å². The van der Waals surface area contributed by atoms with E-state index in [9.17, 15) is 18.0 Å². The maximum absolute atomic E-state index is 13.4. The summed E-state index contributed by atoms with van der Waals surface area (Å²) in [6, 6.07) is 14.0. The molecule has 3 rings (SSSR count). The molecule has 1 heterocycles. The number of aromatic nitrogens is 1. The first-order valence-electron chi connectivity index (χ1n) is 8.99. The molecule has 0 fully saturated rings. The number of alkyl halides is 3. The van der Waals surface area contributed by atoms with Crippen LogP contribution in [0.15, 0.2) is 67.0 Å². The van der Waals surface area contributed by atoms with Gasteiger partial charge < -0.3 is 14.4 Å². The molecule has 5 nitrogen and oxygen atoms in total. The Morgan fingerprint density at radius 2 is 1.70 bits per heavy atom. The number of methoxy groups -OCH3 is 1. The molecule has 3 aromatic rings. The molecule has 0 aliphatic rings. The lowest BCUT2D eigenvalue weighted by molar-refractivity contribution is -0.274. The van der Waals surface area contributed by atoms with Crippen LogP contribution in [0, 0.1) is 6.92 Å². The van der Waals surface area contributed by atoms with E-state index < -0.39 is 18.0 Å². The molecule has 0 unspecified atom stereocenters. The summed E-state index contributed by atoms with van der Waals surface area (Å²) in [5.74, 6) is -0.449. The van der Waals surface area contributed by atoms with E-state index in [2.05, 4.69) is 9.72 Å². The number of nitrogens with zero attached hydrogens (tertiary/aromatic N) is 2. The highest BCUT2D eigenvalue weighted by Gasteiger charge is 2.34. The third-order valence-electron chi connectivity index (χ3n) is 4.40. The number of ether oxygens (including phenoxy) is 2. The van der Waals surface area contributed by atoms with Crippen LogP contribution in [0.25, 0.3) is 0 Å². The molecule has 8 heteroatoms. The van der Waals surface area contributed by atoms with Crippen molar-refractivity contribution in [2.75, 3.05) is 12.0 Å². The minimum absolute atomic E-state index is 0.0121. The molecule has 1 aromatic heterocycles. The van der Waals surface area contributed by atoms with E-state index in [1.165, 1.54) is 48.7 Å². The van der Waals surface area contributed by atoms with Gasteiger partial charge in [-0.05, 0) is 36.8 Å². The SMILES string of the molecule is COc1ccccc1CN(C(=O)c1ccncc1C)c1ccccc1OC(F)(F)F. The van der Waals surface area contributed by atoms with E-state index in [0.29, 0.717) is 22.4 Å². The van der Waals surface area contributed by atoms with Gasteiger partial charge in [-0.3, -0.25) is 9.78 Å². The molecule has 1 amide bonds. The number of benzene rings is 2. The van der Waals surface area contributed by atoms with Gasteiger partial charge in [-0.2, -0.15) is 0 Å². The highest BCUT2D eigenvalue weighted by molar-refractivity contribution is 6.07. The minimum Gasteiger partial charge on any atom is -0.496 e. The predicted molar refractivity (Wildman–Crippen MR) is 106 cm³/mol. The molecule has 30 heavy (non-hydrogen) atoms. The van der Waals surface area contributed by atoms with E-state index >= 15 is 0 Å². The monoisotopic (exact) mass is 416 g/mol. The molecule has 0 saturated carbocycles. The van der Waals surface area contributed by atoms with E-state index in [4.69, 9.17) is 4.74 Å². The average molecular weight is 416 g/mol. The molecule has 0 atom stereocenters. The number of hydrogen-bond acceptors (Lipinski definition) is 4. The molecule has 156 valence electrons. The molecular formula is C22H19F3N2O3. The summed E-state index contributed by atoms with van der Waals surface area (Å²) in [5, 5.41) is 0. The molecular weight excluding hydrogens is 397 g/mol. The number of halogens is 3. The summed E-state index contributed by atoms with van der Waals surface area (Å²) in [4.78, 5) is 18.6. The largest absolute Gasteiger partial charge is 0.573 e. The zero-order valence-electron chi connectivity index (χ0n) is 16.3. The van der Waals surface area contributed by atoms with Crippen molar-refractivity contribution in [2.45, 2.75) is 19.8 Å². The standard InChI is InChI=1S/C22H19F3N2O3/c1-15-13-26-12-11-17(15)21(28)27(14-16-7-3-5-9-19(16)29-2)18-8-4-6-10-20(18)30-22(23,24)25/h3-13H,14H2,1-2H3. The topological polar surface area (TPSA) is 51.7 Å². The normalized spacial score (nSPS) is 11.1. The van der Waals surface area contributed by atoms with Crippen LogP contribution in [0.1, 0.15) is 21.5 Å². The second-order valence-electron chi connectivity index (χ2n) is 6.41. The first kappa shape index (κ1) is 21.2.